The molecule has 0 fully saturated rings. The van der Waals surface area contributed by atoms with Gasteiger partial charge in [0.05, 0.1) is 0 Å². The highest BCUT2D eigenvalue weighted by Crippen LogP contribution is 2.19. The zero-order chi connectivity index (χ0) is 22.0. The van der Waals surface area contributed by atoms with Gasteiger partial charge in [0.25, 0.3) is 0 Å². The van der Waals surface area contributed by atoms with Crippen molar-refractivity contribution in [2.75, 3.05) is 26.2 Å². The van der Waals surface area contributed by atoms with Gasteiger partial charge in [-0.3, -0.25) is 4.79 Å². The highest BCUT2D eigenvalue weighted by molar-refractivity contribution is 5.75. The number of likely N-dealkylation sites (N-methyl/N-ethyl adjacent to an activating group) is 1. The fourth-order valence-corrected chi connectivity index (χ4v) is 2.96. The summed E-state index contributed by atoms with van der Waals surface area (Å²) in [7, 11) is 0. The lowest BCUT2D eigenvalue weighted by atomic mass is 9.96. The maximum atomic E-state index is 12.2. The summed E-state index contributed by atoms with van der Waals surface area (Å²) in [4.78, 5) is 19.0. The number of benzene rings is 1. The molecule has 0 atom stereocenters. The molecule has 0 saturated heterocycles. The summed E-state index contributed by atoms with van der Waals surface area (Å²) in [5, 5.41) is 6.99. The second kappa shape index (κ2) is 11.7. The number of amides is 1. The van der Waals surface area contributed by atoms with Crippen LogP contribution in [0.15, 0.2) is 28.8 Å². The lowest BCUT2D eigenvalue weighted by molar-refractivity contribution is -0.121. The molecular weight excluding hydrogens is 380 g/mol. The van der Waals surface area contributed by atoms with Crippen LogP contribution in [0.4, 0.5) is 0 Å². The van der Waals surface area contributed by atoms with E-state index in [1.165, 1.54) is 0 Å². The highest BCUT2D eigenvalue weighted by atomic mass is 16.5. The smallest absolute Gasteiger partial charge is 0.226 e. The molecule has 0 bridgehead atoms. The Morgan fingerprint density at radius 3 is 2.60 bits per heavy atom. The van der Waals surface area contributed by atoms with Crippen molar-refractivity contribution in [1.29, 1.82) is 0 Å². The Labute approximate surface area is 180 Å². The first kappa shape index (κ1) is 23.9. The fourth-order valence-electron chi connectivity index (χ4n) is 2.96. The Morgan fingerprint density at radius 2 is 1.93 bits per heavy atom. The zero-order valence-electron chi connectivity index (χ0n) is 19.0. The van der Waals surface area contributed by atoms with Crippen molar-refractivity contribution in [2.45, 2.75) is 65.8 Å². The molecule has 1 N–H and O–H groups in total. The number of hydrogen-bond donors (Lipinski definition) is 1. The minimum Gasteiger partial charge on any atom is -0.492 e. The molecule has 0 radical (unpaired) electrons. The molecule has 0 unspecified atom stereocenters. The summed E-state index contributed by atoms with van der Waals surface area (Å²) >= 11 is 0. The van der Waals surface area contributed by atoms with E-state index in [1.54, 1.807) is 0 Å². The first-order valence-corrected chi connectivity index (χ1v) is 10.9. The van der Waals surface area contributed by atoms with Crippen LogP contribution in [-0.2, 0) is 23.2 Å². The molecular formula is C23H36N4O3. The van der Waals surface area contributed by atoms with Crippen molar-refractivity contribution in [3.63, 3.8) is 0 Å². The lowest BCUT2D eigenvalue weighted by Gasteiger charge is -2.19. The maximum Gasteiger partial charge on any atom is 0.226 e. The monoisotopic (exact) mass is 416 g/mol. The average Bonchev–Trinajstić information content (AvgIpc) is 3.20. The minimum absolute atomic E-state index is 0.00324. The van der Waals surface area contributed by atoms with Gasteiger partial charge in [0, 0.05) is 36.9 Å². The Balaban J connectivity index is 1.74. The van der Waals surface area contributed by atoms with Crippen molar-refractivity contribution >= 4 is 5.91 Å². The second-order valence-corrected chi connectivity index (χ2v) is 8.38. The molecule has 2 aromatic rings. The number of aryl methyl sites for hydroxylation is 1. The molecule has 0 saturated carbocycles. The fraction of sp³-hybridized carbons (Fsp3) is 0.609. The van der Waals surface area contributed by atoms with Crippen LogP contribution in [0.3, 0.4) is 0 Å². The van der Waals surface area contributed by atoms with Crippen molar-refractivity contribution in [2.24, 2.45) is 0 Å². The number of nitrogens with one attached hydrogen (secondary N) is 1. The van der Waals surface area contributed by atoms with Gasteiger partial charge in [-0.2, -0.15) is 4.98 Å². The number of aromatic nitrogens is 2. The number of carbonyl (C=O) groups is 1. The van der Waals surface area contributed by atoms with Gasteiger partial charge < -0.3 is 19.5 Å². The summed E-state index contributed by atoms with van der Waals surface area (Å²) in [6, 6.07) is 7.85. The molecule has 1 aromatic heterocycles. The molecule has 30 heavy (non-hydrogen) atoms. The van der Waals surface area contributed by atoms with E-state index in [9.17, 15) is 4.79 Å². The maximum absolute atomic E-state index is 12.2. The van der Waals surface area contributed by atoms with Crippen LogP contribution in [-0.4, -0.2) is 47.2 Å². The van der Waals surface area contributed by atoms with E-state index in [-0.39, 0.29) is 11.3 Å². The van der Waals surface area contributed by atoms with E-state index in [0.29, 0.717) is 44.1 Å². The van der Waals surface area contributed by atoms with E-state index < -0.39 is 0 Å². The van der Waals surface area contributed by atoms with E-state index in [2.05, 4.69) is 34.2 Å². The Hall–Kier alpha value is -2.41. The minimum atomic E-state index is -0.139. The third-order valence-electron chi connectivity index (χ3n) is 4.94. The Kier molecular flexibility index (Phi) is 9.30. The molecule has 0 aliphatic rings. The number of nitrogens with zero attached hydrogens (tertiary/aromatic N) is 3. The lowest BCUT2D eigenvalue weighted by Crippen LogP contribution is -2.28. The van der Waals surface area contributed by atoms with Gasteiger partial charge in [0.1, 0.15) is 12.4 Å². The second-order valence-electron chi connectivity index (χ2n) is 8.38. The van der Waals surface area contributed by atoms with Crippen LogP contribution in [0.2, 0.25) is 0 Å². The molecule has 166 valence electrons. The third kappa shape index (κ3) is 7.78. The summed E-state index contributed by atoms with van der Waals surface area (Å²) in [6.45, 7) is 14.4. The number of para-hydroxylation sites is 1. The highest BCUT2D eigenvalue weighted by Gasteiger charge is 2.20. The van der Waals surface area contributed by atoms with E-state index in [0.717, 1.165) is 30.9 Å². The van der Waals surface area contributed by atoms with Crippen LogP contribution in [0, 0.1) is 0 Å². The largest absolute Gasteiger partial charge is 0.492 e. The number of rotatable bonds is 12. The normalized spacial score (nSPS) is 11.7. The molecule has 0 spiro atoms. The first-order valence-electron chi connectivity index (χ1n) is 10.9. The topological polar surface area (TPSA) is 80.5 Å². The van der Waals surface area contributed by atoms with Crippen molar-refractivity contribution in [3.8, 4) is 5.75 Å². The average molecular weight is 417 g/mol. The summed E-state index contributed by atoms with van der Waals surface area (Å²) in [5.74, 6) is 2.10. The quantitative estimate of drug-likeness (QED) is 0.568. The van der Waals surface area contributed by atoms with Crippen LogP contribution >= 0.6 is 0 Å². The molecule has 1 heterocycles. The van der Waals surface area contributed by atoms with Gasteiger partial charge in [-0.1, -0.05) is 58.0 Å². The van der Waals surface area contributed by atoms with Crippen molar-refractivity contribution in [1.82, 2.24) is 20.4 Å². The van der Waals surface area contributed by atoms with Crippen LogP contribution in [0.5, 0.6) is 5.75 Å². The zero-order valence-corrected chi connectivity index (χ0v) is 19.0. The van der Waals surface area contributed by atoms with Gasteiger partial charge in [-0.05, 0) is 25.6 Å². The molecule has 0 aliphatic carbocycles. The van der Waals surface area contributed by atoms with Crippen molar-refractivity contribution < 1.29 is 14.1 Å². The predicted molar refractivity (Wildman–Crippen MR) is 118 cm³/mol. The summed E-state index contributed by atoms with van der Waals surface area (Å²) < 4.78 is 11.2. The molecule has 1 amide bonds. The van der Waals surface area contributed by atoms with Gasteiger partial charge in [-0.15, -0.1) is 0 Å². The third-order valence-corrected chi connectivity index (χ3v) is 4.94. The molecule has 0 aliphatic heterocycles. The molecule has 2 rings (SSSR count). The van der Waals surface area contributed by atoms with Gasteiger partial charge in [0.15, 0.2) is 5.82 Å². The van der Waals surface area contributed by atoms with Crippen molar-refractivity contribution in [3.05, 3.63) is 41.5 Å². The number of ether oxygens (including phenoxy) is 1. The number of carbonyl (C=O) groups excluding carboxylic acids is 1. The predicted octanol–water partition coefficient (Wildman–Crippen LogP) is 3.73. The Bertz CT molecular complexity index is 779. The molecule has 7 heteroatoms. The molecule has 7 nitrogen and oxygen atoms in total. The van der Waals surface area contributed by atoms with Crippen LogP contribution in [0.25, 0.3) is 0 Å². The summed E-state index contributed by atoms with van der Waals surface area (Å²) in [5.41, 5.74) is 0.845. The van der Waals surface area contributed by atoms with E-state index >= 15 is 0 Å². The van der Waals surface area contributed by atoms with E-state index in [4.69, 9.17) is 9.26 Å². The first-order chi connectivity index (χ1) is 14.3. The van der Waals surface area contributed by atoms with E-state index in [1.807, 2.05) is 45.0 Å². The van der Waals surface area contributed by atoms with Gasteiger partial charge in [-0.25, -0.2) is 0 Å². The van der Waals surface area contributed by atoms with Crippen LogP contribution in [0.1, 0.15) is 64.7 Å². The summed E-state index contributed by atoms with van der Waals surface area (Å²) in [6.07, 6.45) is 1.68. The van der Waals surface area contributed by atoms with Gasteiger partial charge >= 0.3 is 0 Å². The molecule has 1 aromatic carbocycles. The SMILES string of the molecule is CCN(CC)CCOc1ccccc1CNC(=O)CCCc1nc(C(C)(C)C)no1. The van der Waals surface area contributed by atoms with Crippen LogP contribution < -0.4 is 10.1 Å². The Morgan fingerprint density at radius 1 is 1.20 bits per heavy atom. The number of hydrogen-bond acceptors (Lipinski definition) is 6. The van der Waals surface area contributed by atoms with Gasteiger partial charge in [0.2, 0.25) is 11.8 Å². The standard InChI is InChI=1S/C23H36N4O3/c1-6-27(7-2)15-16-29-19-12-9-8-11-18(19)17-24-20(28)13-10-14-21-25-22(26-30-21)23(3,4)5/h8-9,11-12H,6-7,10,13-17H2,1-5H3,(H,24,28).